The molecule has 1 aliphatic heterocycles. The smallest absolute Gasteiger partial charge is 0.301 e. The van der Waals surface area contributed by atoms with Crippen LogP contribution in [-0.4, -0.2) is 38.6 Å². The van der Waals surface area contributed by atoms with Crippen molar-refractivity contribution >= 4 is 45.7 Å². The first-order chi connectivity index (χ1) is 19.1. The monoisotopic (exact) mass is 558 g/mol. The second-order valence-electron chi connectivity index (χ2n) is 8.81. The van der Waals surface area contributed by atoms with E-state index < -0.39 is 17.7 Å². The number of carbonyl (C=O) groups is 2. The molecule has 4 aromatic rings. The van der Waals surface area contributed by atoms with Gasteiger partial charge in [0.15, 0.2) is 4.34 Å². The van der Waals surface area contributed by atoms with Crippen LogP contribution >= 0.6 is 23.1 Å². The van der Waals surface area contributed by atoms with Gasteiger partial charge in [-0.3, -0.25) is 19.5 Å². The van der Waals surface area contributed by atoms with Crippen molar-refractivity contribution in [2.75, 3.05) is 11.5 Å². The predicted molar refractivity (Wildman–Crippen MR) is 152 cm³/mol. The second-order valence-corrected chi connectivity index (χ2v) is 11.0. The van der Waals surface area contributed by atoms with Crippen molar-refractivity contribution in [2.24, 2.45) is 0 Å². The molecule has 2 aromatic heterocycles. The van der Waals surface area contributed by atoms with E-state index in [0.717, 1.165) is 18.4 Å². The highest BCUT2D eigenvalue weighted by Gasteiger charge is 2.48. The summed E-state index contributed by atoms with van der Waals surface area (Å²) in [6, 6.07) is 19.4. The molecular formula is C29H26N4O4S2. The third-order valence-electron chi connectivity index (χ3n) is 6.15. The van der Waals surface area contributed by atoms with Crippen LogP contribution in [-0.2, 0) is 15.3 Å². The van der Waals surface area contributed by atoms with Crippen LogP contribution in [0.4, 0.5) is 5.13 Å². The van der Waals surface area contributed by atoms with Crippen LogP contribution in [0.5, 0.6) is 5.75 Å². The van der Waals surface area contributed by atoms with E-state index in [9.17, 15) is 14.7 Å². The van der Waals surface area contributed by atoms with Crippen molar-refractivity contribution < 1.29 is 19.4 Å². The summed E-state index contributed by atoms with van der Waals surface area (Å²) >= 11 is 2.73. The van der Waals surface area contributed by atoms with E-state index >= 15 is 0 Å². The number of carbonyl (C=O) groups excluding carboxylic acids is 2. The molecule has 10 heteroatoms. The number of hydrogen-bond donors (Lipinski definition) is 1. The van der Waals surface area contributed by atoms with Crippen LogP contribution in [0.15, 0.2) is 89.0 Å². The zero-order valence-electron chi connectivity index (χ0n) is 21.2. The minimum Gasteiger partial charge on any atom is -0.507 e. The highest BCUT2D eigenvalue weighted by Crippen LogP contribution is 2.44. The molecule has 1 fully saturated rings. The molecule has 0 aliphatic carbocycles. The van der Waals surface area contributed by atoms with Crippen molar-refractivity contribution in [1.29, 1.82) is 0 Å². The van der Waals surface area contributed by atoms with Crippen molar-refractivity contribution in [3.05, 3.63) is 101 Å². The van der Waals surface area contributed by atoms with Crippen molar-refractivity contribution in [3.63, 3.8) is 0 Å². The van der Waals surface area contributed by atoms with E-state index in [-0.39, 0.29) is 16.5 Å². The van der Waals surface area contributed by atoms with Crippen LogP contribution in [0.2, 0.25) is 0 Å². The molecule has 8 nitrogen and oxygen atoms in total. The topological polar surface area (TPSA) is 106 Å². The van der Waals surface area contributed by atoms with E-state index in [1.54, 1.807) is 48.8 Å². The van der Waals surface area contributed by atoms with Crippen molar-refractivity contribution in [1.82, 2.24) is 15.2 Å². The minimum absolute atomic E-state index is 0.0265. The highest BCUT2D eigenvalue weighted by molar-refractivity contribution is 8.00. The zero-order chi connectivity index (χ0) is 27.2. The lowest BCUT2D eigenvalue weighted by Gasteiger charge is -2.22. The fraction of sp³-hybridized carbons (Fsp3) is 0.207. The number of unbranched alkanes of at least 4 members (excludes halogenated alkanes) is 1. The minimum atomic E-state index is -0.904. The number of ketones is 1. The molecule has 198 valence electrons. The fourth-order valence-corrected chi connectivity index (χ4v) is 5.98. The van der Waals surface area contributed by atoms with Gasteiger partial charge in [0.25, 0.3) is 5.78 Å². The van der Waals surface area contributed by atoms with Gasteiger partial charge in [0.2, 0.25) is 5.13 Å². The van der Waals surface area contributed by atoms with Crippen molar-refractivity contribution in [3.8, 4) is 5.75 Å². The lowest BCUT2D eigenvalue weighted by molar-refractivity contribution is -0.132. The Morgan fingerprint density at radius 3 is 2.56 bits per heavy atom. The van der Waals surface area contributed by atoms with E-state index in [2.05, 4.69) is 22.1 Å². The third-order valence-corrected chi connectivity index (χ3v) is 8.27. The molecule has 0 bridgehead atoms. The van der Waals surface area contributed by atoms with Gasteiger partial charge in [0.1, 0.15) is 11.5 Å². The Bertz CT molecular complexity index is 1470. The van der Waals surface area contributed by atoms with Crippen LogP contribution in [0.25, 0.3) is 5.76 Å². The highest BCUT2D eigenvalue weighted by atomic mass is 32.2. The number of benzene rings is 2. The number of rotatable bonds is 10. The first kappa shape index (κ1) is 26.6. The summed E-state index contributed by atoms with van der Waals surface area (Å²) in [5.74, 6) is -0.482. The molecule has 0 unspecified atom stereocenters. The van der Waals surface area contributed by atoms with Gasteiger partial charge in [-0.25, -0.2) is 0 Å². The average molecular weight is 559 g/mol. The number of aliphatic hydroxyl groups excluding tert-OH is 1. The first-order valence-corrected chi connectivity index (χ1v) is 14.3. The largest absolute Gasteiger partial charge is 0.507 e. The number of ether oxygens (including phenoxy) is 1. The molecule has 0 radical (unpaired) electrons. The lowest BCUT2D eigenvalue weighted by Crippen LogP contribution is -2.29. The molecule has 1 saturated heterocycles. The Hall–Kier alpha value is -4.02. The molecule has 5 rings (SSSR count). The Balaban J connectivity index is 1.47. The fourth-order valence-electron chi connectivity index (χ4n) is 4.16. The second kappa shape index (κ2) is 12.2. The summed E-state index contributed by atoms with van der Waals surface area (Å²) in [5, 5.41) is 20.1. The van der Waals surface area contributed by atoms with E-state index in [1.165, 1.54) is 28.0 Å². The maximum Gasteiger partial charge on any atom is 0.301 e. The Morgan fingerprint density at radius 1 is 1.05 bits per heavy atom. The molecular weight excluding hydrogens is 532 g/mol. The van der Waals surface area contributed by atoms with E-state index in [1.807, 2.05) is 30.3 Å². The summed E-state index contributed by atoms with van der Waals surface area (Å²) in [4.78, 5) is 32.2. The molecule has 1 aliphatic rings. The zero-order valence-corrected chi connectivity index (χ0v) is 22.8. The number of amides is 1. The number of pyridine rings is 1. The average Bonchev–Trinajstić information content (AvgIpc) is 3.55. The molecule has 1 N–H and O–H groups in total. The summed E-state index contributed by atoms with van der Waals surface area (Å²) in [7, 11) is 0. The standard InChI is InChI=1S/C29H26N4O4S2/c1-2-3-16-37-22-13-11-20(12-14-22)25(34)23-24(21-10-7-15-30-17-21)33(27(36)26(23)35)28-31-32-29(39-28)38-18-19-8-5-4-6-9-19/h4-15,17,24,34H,2-3,16,18H2,1H3/t24-/m0/s1. The molecule has 1 amide bonds. The van der Waals surface area contributed by atoms with Crippen LogP contribution in [0, 0.1) is 0 Å². The third kappa shape index (κ3) is 5.86. The lowest BCUT2D eigenvalue weighted by atomic mass is 9.96. The molecule has 39 heavy (non-hydrogen) atoms. The van der Waals surface area contributed by atoms with Crippen molar-refractivity contribution in [2.45, 2.75) is 35.9 Å². The molecule has 0 saturated carbocycles. The maximum atomic E-state index is 13.3. The van der Waals surface area contributed by atoms with E-state index in [4.69, 9.17) is 4.74 Å². The van der Waals surface area contributed by atoms with E-state index in [0.29, 0.717) is 33.6 Å². The number of aromatic nitrogens is 3. The first-order valence-electron chi connectivity index (χ1n) is 12.5. The molecule has 0 spiro atoms. The summed E-state index contributed by atoms with van der Waals surface area (Å²) in [6.45, 7) is 2.69. The predicted octanol–water partition coefficient (Wildman–Crippen LogP) is 6.03. The van der Waals surface area contributed by atoms with Crippen LogP contribution in [0.1, 0.15) is 42.5 Å². The number of thioether (sulfide) groups is 1. The quantitative estimate of drug-likeness (QED) is 0.0628. The van der Waals surface area contributed by atoms with Gasteiger partial charge in [-0.2, -0.15) is 0 Å². The van der Waals surface area contributed by atoms with Gasteiger partial charge in [0.05, 0.1) is 18.2 Å². The molecule has 2 aromatic carbocycles. The Kier molecular flexibility index (Phi) is 8.33. The SMILES string of the molecule is CCCCOc1ccc(C(O)=C2C(=O)C(=O)N(c3nnc(SCc4ccccc4)s3)[C@H]2c2cccnc2)cc1. The van der Waals surface area contributed by atoms with Crippen LogP contribution < -0.4 is 9.64 Å². The van der Waals surface area contributed by atoms with Gasteiger partial charge < -0.3 is 9.84 Å². The van der Waals surface area contributed by atoms with Gasteiger partial charge in [-0.1, -0.05) is 72.8 Å². The van der Waals surface area contributed by atoms with Gasteiger partial charge in [0, 0.05) is 23.7 Å². The molecule has 3 heterocycles. The summed E-state index contributed by atoms with van der Waals surface area (Å²) < 4.78 is 6.38. The Morgan fingerprint density at radius 2 is 1.85 bits per heavy atom. The Labute approximate surface area is 234 Å². The number of aliphatic hydroxyl groups is 1. The summed E-state index contributed by atoms with van der Waals surface area (Å²) in [5.41, 5.74) is 2.09. The number of Topliss-reactive ketones (excluding diaryl/α,β-unsaturated/α-hetero) is 1. The maximum absolute atomic E-state index is 13.3. The van der Waals surface area contributed by atoms with Crippen LogP contribution in [0.3, 0.4) is 0 Å². The number of anilines is 1. The van der Waals surface area contributed by atoms with Gasteiger partial charge >= 0.3 is 5.91 Å². The van der Waals surface area contributed by atoms with Gasteiger partial charge in [-0.05, 0) is 47.9 Å². The van der Waals surface area contributed by atoms with Gasteiger partial charge in [-0.15, -0.1) is 10.2 Å². The number of hydrogen-bond acceptors (Lipinski definition) is 9. The molecule has 1 atom stereocenters. The summed E-state index contributed by atoms with van der Waals surface area (Å²) in [6.07, 6.45) is 5.15. The number of nitrogens with zero attached hydrogens (tertiary/aromatic N) is 4. The normalized spacial score (nSPS) is 16.5.